The summed E-state index contributed by atoms with van der Waals surface area (Å²) in [6.07, 6.45) is 1.74. The average Bonchev–Trinajstić information content (AvgIpc) is 3.25. The van der Waals surface area contributed by atoms with E-state index in [1.165, 1.54) is 23.1 Å². The molecule has 4 rings (SSSR count). The Bertz CT molecular complexity index is 1010. The highest BCUT2D eigenvalue weighted by Gasteiger charge is 2.13. The van der Waals surface area contributed by atoms with Gasteiger partial charge in [-0.2, -0.15) is 0 Å². The minimum absolute atomic E-state index is 0.0518. The van der Waals surface area contributed by atoms with Crippen LogP contribution in [0.3, 0.4) is 0 Å². The van der Waals surface area contributed by atoms with Crippen molar-refractivity contribution < 1.29 is 0 Å². The summed E-state index contributed by atoms with van der Waals surface area (Å²) in [6, 6.07) is 5.59. The van der Waals surface area contributed by atoms with Crippen LogP contribution in [0.1, 0.15) is 5.69 Å². The molecule has 0 fully saturated rings. The summed E-state index contributed by atoms with van der Waals surface area (Å²) in [5.41, 5.74) is 0.701. The fraction of sp³-hybridized carbons (Fsp3) is 0.143. The molecule has 0 saturated heterocycles. The maximum absolute atomic E-state index is 12.0. The largest absolute Gasteiger partial charge is 0.304 e. The Balaban J connectivity index is 1.58. The van der Waals surface area contributed by atoms with E-state index < -0.39 is 0 Å². The first-order valence-electron chi connectivity index (χ1n) is 6.74. The van der Waals surface area contributed by atoms with Crippen molar-refractivity contribution in [3.05, 3.63) is 51.2 Å². The average molecular weight is 361 g/mol. The molecule has 0 N–H and O–H groups in total. The second-order valence-electron chi connectivity index (χ2n) is 4.77. The van der Waals surface area contributed by atoms with E-state index in [-0.39, 0.29) is 5.56 Å². The van der Waals surface area contributed by atoms with Crippen LogP contribution >= 0.6 is 34.4 Å². The van der Waals surface area contributed by atoms with Crippen LogP contribution in [-0.2, 0) is 12.8 Å². The number of aromatic nitrogens is 5. The lowest BCUT2D eigenvalue weighted by atomic mass is 10.4. The molecule has 0 saturated carbocycles. The lowest BCUT2D eigenvalue weighted by Crippen LogP contribution is -2.12. The molecule has 0 aromatic carbocycles. The monoisotopic (exact) mass is 361 g/mol. The first-order valence-corrected chi connectivity index (χ1v) is 9.49. The zero-order chi connectivity index (χ0) is 15.8. The predicted molar refractivity (Wildman–Crippen MR) is 93.2 cm³/mol. The van der Waals surface area contributed by atoms with E-state index >= 15 is 0 Å². The molecule has 0 aliphatic carbocycles. The summed E-state index contributed by atoms with van der Waals surface area (Å²) in [4.78, 5) is 18.3. The SMILES string of the molecule is Cn1c(SCc2cc(=O)n3ccsc3n2)nnc1-c1cccs1. The van der Waals surface area contributed by atoms with E-state index in [1.54, 1.807) is 28.0 Å². The van der Waals surface area contributed by atoms with Gasteiger partial charge in [0.15, 0.2) is 15.9 Å². The molecule has 9 heteroatoms. The van der Waals surface area contributed by atoms with Crippen molar-refractivity contribution in [3.8, 4) is 10.7 Å². The highest BCUT2D eigenvalue weighted by atomic mass is 32.2. The predicted octanol–water partition coefficient (Wildman–Crippen LogP) is 2.91. The van der Waals surface area contributed by atoms with Crippen LogP contribution in [0.4, 0.5) is 0 Å². The van der Waals surface area contributed by atoms with Gasteiger partial charge in [-0.25, -0.2) is 4.98 Å². The minimum atomic E-state index is -0.0518. The summed E-state index contributed by atoms with van der Waals surface area (Å²) in [6.45, 7) is 0. The van der Waals surface area contributed by atoms with Crippen LogP contribution in [0.5, 0.6) is 0 Å². The van der Waals surface area contributed by atoms with E-state index in [1.807, 2.05) is 34.5 Å². The number of hydrogen-bond acceptors (Lipinski definition) is 7. The zero-order valence-corrected chi connectivity index (χ0v) is 14.5. The van der Waals surface area contributed by atoms with Crippen molar-refractivity contribution >= 4 is 39.4 Å². The molecule has 6 nitrogen and oxygen atoms in total. The molecule has 0 unspecified atom stereocenters. The van der Waals surface area contributed by atoms with Gasteiger partial charge in [0.1, 0.15) is 0 Å². The smallest absolute Gasteiger partial charge is 0.258 e. The topological polar surface area (TPSA) is 65.1 Å². The first kappa shape index (κ1) is 14.6. The van der Waals surface area contributed by atoms with Crippen molar-refractivity contribution in [2.24, 2.45) is 7.05 Å². The molecule has 23 heavy (non-hydrogen) atoms. The van der Waals surface area contributed by atoms with Crippen LogP contribution in [0.2, 0.25) is 0 Å². The number of fused-ring (bicyclic) bond motifs is 1. The minimum Gasteiger partial charge on any atom is -0.304 e. The van der Waals surface area contributed by atoms with Gasteiger partial charge >= 0.3 is 0 Å². The fourth-order valence-corrected chi connectivity index (χ4v) is 4.45. The third-order valence-corrected chi connectivity index (χ3v) is 5.96. The van der Waals surface area contributed by atoms with Crippen LogP contribution in [0, 0.1) is 0 Å². The summed E-state index contributed by atoms with van der Waals surface area (Å²) in [7, 11) is 1.95. The molecule has 0 radical (unpaired) electrons. The van der Waals surface area contributed by atoms with Gasteiger partial charge in [-0.05, 0) is 11.4 Å². The van der Waals surface area contributed by atoms with E-state index in [0.717, 1.165) is 21.6 Å². The maximum atomic E-state index is 12.0. The maximum Gasteiger partial charge on any atom is 0.258 e. The van der Waals surface area contributed by atoms with Crippen LogP contribution in [-0.4, -0.2) is 24.1 Å². The van der Waals surface area contributed by atoms with E-state index in [9.17, 15) is 4.79 Å². The molecule has 4 aromatic heterocycles. The van der Waals surface area contributed by atoms with Crippen LogP contribution in [0.25, 0.3) is 15.7 Å². The number of rotatable bonds is 4. The standard InChI is InChI=1S/C14H11N5OS3/c1-18-12(10-3-2-5-21-10)16-17-14(18)23-8-9-7-11(20)19-4-6-22-13(19)15-9/h2-7H,8H2,1H3. The van der Waals surface area contributed by atoms with Gasteiger partial charge < -0.3 is 4.57 Å². The third-order valence-electron chi connectivity index (χ3n) is 3.28. The Labute approximate surface area is 143 Å². The summed E-state index contributed by atoms with van der Waals surface area (Å²) in [5, 5.41) is 13.2. The molecule has 0 spiro atoms. The second kappa shape index (κ2) is 5.91. The van der Waals surface area contributed by atoms with Gasteiger partial charge in [0.2, 0.25) is 0 Å². The summed E-state index contributed by atoms with van der Waals surface area (Å²) >= 11 is 4.61. The Morgan fingerprint density at radius 2 is 2.17 bits per heavy atom. The fourth-order valence-electron chi connectivity index (χ4n) is 2.16. The highest BCUT2D eigenvalue weighted by molar-refractivity contribution is 7.98. The Morgan fingerprint density at radius 3 is 3.00 bits per heavy atom. The summed E-state index contributed by atoms with van der Waals surface area (Å²) < 4.78 is 3.52. The second-order valence-corrected chi connectivity index (χ2v) is 7.54. The van der Waals surface area contributed by atoms with E-state index in [0.29, 0.717) is 10.7 Å². The Morgan fingerprint density at radius 1 is 1.26 bits per heavy atom. The number of nitrogens with zero attached hydrogens (tertiary/aromatic N) is 5. The molecule has 0 aliphatic heterocycles. The van der Waals surface area contributed by atoms with Gasteiger partial charge in [-0.3, -0.25) is 9.20 Å². The number of thioether (sulfide) groups is 1. The zero-order valence-electron chi connectivity index (χ0n) is 12.0. The third kappa shape index (κ3) is 2.71. The normalized spacial score (nSPS) is 11.3. The van der Waals surface area contributed by atoms with Crippen molar-refractivity contribution in [1.82, 2.24) is 24.1 Å². The van der Waals surface area contributed by atoms with Crippen LogP contribution in [0.15, 0.2) is 45.1 Å². The van der Waals surface area contributed by atoms with Gasteiger partial charge in [-0.15, -0.1) is 32.9 Å². The van der Waals surface area contributed by atoms with E-state index in [4.69, 9.17) is 0 Å². The van der Waals surface area contributed by atoms with Crippen molar-refractivity contribution in [2.75, 3.05) is 0 Å². The molecule has 4 aromatic rings. The lowest BCUT2D eigenvalue weighted by Gasteiger charge is -2.02. The Hall–Kier alpha value is -1.97. The molecule has 0 bridgehead atoms. The number of thiazole rings is 1. The number of thiophene rings is 1. The molecule has 0 amide bonds. The van der Waals surface area contributed by atoms with Gasteiger partial charge in [0.05, 0.1) is 10.6 Å². The van der Waals surface area contributed by atoms with Crippen molar-refractivity contribution in [1.29, 1.82) is 0 Å². The number of hydrogen-bond donors (Lipinski definition) is 0. The molecular weight excluding hydrogens is 350 g/mol. The van der Waals surface area contributed by atoms with Crippen molar-refractivity contribution in [2.45, 2.75) is 10.9 Å². The summed E-state index contributed by atoms with van der Waals surface area (Å²) in [5.74, 6) is 1.43. The van der Waals surface area contributed by atoms with Gasteiger partial charge in [-0.1, -0.05) is 17.8 Å². The molecule has 116 valence electrons. The quantitative estimate of drug-likeness (QED) is 0.523. The first-order chi connectivity index (χ1) is 11.2. The van der Waals surface area contributed by atoms with Crippen LogP contribution < -0.4 is 5.56 Å². The molecule has 0 aliphatic rings. The van der Waals surface area contributed by atoms with Crippen molar-refractivity contribution in [3.63, 3.8) is 0 Å². The highest BCUT2D eigenvalue weighted by Crippen LogP contribution is 2.27. The Kier molecular flexibility index (Phi) is 3.76. The van der Waals surface area contributed by atoms with Gasteiger partial charge in [0.25, 0.3) is 5.56 Å². The molecule has 0 atom stereocenters. The van der Waals surface area contributed by atoms with E-state index in [2.05, 4.69) is 15.2 Å². The molecular formula is C14H11N5OS3. The molecule has 4 heterocycles. The lowest BCUT2D eigenvalue weighted by molar-refractivity contribution is 0.794. The van der Waals surface area contributed by atoms with Gasteiger partial charge in [0, 0.05) is 30.4 Å².